The van der Waals surface area contributed by atoms with E-state index in [1.807, 2.05) is 30.3 Å². The largest absolute Gasteiger partial charge is 0.325 e. The van der Waals surface area contributed by atoms with Gasteiger partial charge in [-0.15, -0.1) is 11.3 Å². The summed E-state index contributed by atoms with van der Waals surface area (Å²) in [4.78, 5) is 43.3. The number of carbonyl (C=O) groups excluding carboxylic acids is 2. The third-order valence-corrected chi connectivity index (χ3v) is 7.35. The molecule has 33 heavy (non-hydrogen) atoms. The number of hydrogen-bond acceptors (Lipinski definition) is 6. The predicted octanol–water partition coefficient (Wildman–Crippen LogP) is 5.26. The van der Waals surface area contributed by atoms with Crippen LogP contribution >= 0.6 is 23.1 Å². The molecule has 5 rings (SSSR count). The monoisotopic (exact) mass is 475 g/mol. The van der Waals surface area contributed by atoms with Crippen molar-refractivity contribution in [2.75, 3.05) is 11.1 Å². The van der Waals surface area contributed by atoms with Crippen LogP contribution in [-0.2, 0) is 4.79 Å². The molecule has 2 aromatic carbocycles. The first-order chi connectivity index (χ1) is 16.0. The molecule has 1 aliphatic rings. The number of aromatic nitrogens is 2. The van der Waals surface area contributed by atoms with Gasteiger partial charge >= 0.3 is 0 Å². The van der Waals surface area contributed by atoms with Gasteiger partial charge in [0.25, 0.3) is 5.56 Å². The number of Topliss-reactive ketones (excluding diaryl/α,β-unsaturated/α-hetero) is 1. The standard InChI is InChI=1S/C25H21N3O3S2/c1-15(29)17-6-5-7-18(12-17)26-21(30)14-33-25-27-23-22(20(13-32-23)16-10-11-16)24(31)28(25)19-8-3-2-4-9-19/h2-9,12-13,16H,10-11,14H2,1H3,(H,26,30). The van der Waals surface area contributed by atoms with Crippen molar-refractivity contribution in [1.82, 2.24) is 9.55 Å². The molecule has 0 radical (unpaired) electrons. The van der Waals surface area contributed by atoms with Crippen LogP contribution in [0.3, 0.4) is 0 Å². The summed E-state index contributed by atoms with van der Waals surface area (Å²) < 4.78 is 1.61. The normalized spacial score (nSPS) is 13.2. The van der Waals surface area contributed by atoms with Crippen molar-refractivity contribution in [1.29, 1.82) is 0 Å². The van der Waals surface area contributed by atoms with Gasteiger partial charge in [-0.1, -0.05) is 42.1 Å². The van der Waals surface area contributed by atoms with Crippen molar-refractivity contribution in [2.24, 2.45) is 0 Å². The van der Waals surface area contributed by atoms with Gasteiger partial charge in [0.15, 0.2) is 10.9 Å². The fourth-order valence-electron chi connectivity index (χ4n) is 3.73. The Labute approximate surface area is 198 Å². The second-order valence-electron chi connectivity index (χ2n) is 7.99. The number of nitrogens with one attached hydrogen (secondary N) is 1. The van der Waals surface area contributed by atoms with Crippen molar-refractivity contribution >= 4 is 50.7 Å². The van der Waals surface area contributed by atoms with E-state index in [2.05, 4.69) is 10.7 Å². The minimum atomic E-state index is -0.237. The molecule has 4 aromatic rings. The third kappa shape index (κ3) is 4.49. The van der Waals surface area contributed by atoms with Gasteiger partial charge in [0.05, 0.1) is 16.8 Å². The van der Waals surface area contributed by atoms with Gasteiger partial charge < -0.3 is 5.32 Å². The van der Waals surface area contributed by atoms with Crippen LogP contribution in [0.25, 0.3) is 15.9 Å². The van der Waals surface area contributed by atoms with E-state index in [1.54, 1.807) is 28.8 Å². The summed E-state index contributed by atoms with van der Waals surface area (Å²) in [6, 6.07) is 16.2. The Balaban J connectivity index is 1.45. The fourth-order valence-corrected chi connectivity index (χ4v) is 5.61. The van der Waals surface area contributed by atoms with Gasteiger partial charge in [-0.25, -0.2) is 4.98 Å². The van der Waals surface area contributed by atoms with E-state index in [-0.39, 0.29) is 23.0 Å². The van der Waals surface area contributed by atoms with E-state index in [1.165, 1.54) is 30.0 Å². The minimum Gasteiger partial charge on any atom is -0.325 e. The molecule has 1 amide bonds. The second-order valence-corrected chi connectivity index (χ2v) is 9.79. The van der Waals surface area contributed by atoms with E-state index in [4.69, 9.17) is 4.98 Å². The number of hydrogen-bond donors (Lipinski definition) is 1. The second kappa shape index (κ2) is 8.96. The number of anilines is 1. The van der Waals surface area contributed by atoms with Gasteiger partial charge in [0.2, 0.25) is 5.91 Å². The summed E-state index contributed by atoms with van der Waals surface area (Å²) in [6.07, 6.45) is 2.22. The van der Waals surface area contributed by atoms with E-state index in [0.29, 0.717) is 32.5 Å². The maximum atomic E-state index is 13.6. The molecule has 2 aromatic heterocycles. The molecule has 0 bridgehead atoms. The Bertz CT molecular complexity index is 1420. The lowest BCUT2D eigenvalue weighted by Gasteiger charge is -2.13. The minimum absolute atomic E-state index is 0.0635. The Hall–Kier alpha value is -3.23. The summed E-state index contributed by atoms with van der Waals surface area (Å²) in [6.45, 7) is 1.49. The van der Waals surface area contributed by atoms with Crippen molar-refractivity contribution in [3.63, 3.8) is 0 Å². The molecule has 0 atom stereocenters. The fraction of sp³-hybridized carbons (Fsp3) is 0.200. The van der Waals surface area contributed by atoms with E-state index >= 15 is 0 Å². The number of carbonyl (C=O) groups is 2. The summed E-state index contributed by atoms with van der Waals surface area (Å²) in [5.74, 6) is 0.231. The number of rotatable bonds is 7. The van der Waals surface area contributed by atoms with Crippen LogP contribution in [0, 0.1) is 0 Å². The molecule has 0 aliphatic heterocycles. The first-order valence-corrected chi connectivity index (χ1v) is 12.5. The number of ketones is 1. The average Bonchev–Trinajstić information content (AvgIpc) is 3.57. The molecule has 0 spiro atoms. The van der Waals surface area contributed by atoms with Crippen molar-refractivity contribution < 1.29 is 9.59 Å². The molecule has 1 saturated carbocycles. The van der Waals surface area contributed by atoms with Crippen LogP contribution in [-0.4, -0.2) is 27.0 Å². The van der Waals surface area contributed by atoms with Crippen LogP contribution in [0.2, 0.25) is 0 Å². The zero-order valence-electron chi connectivity index (χ0n) is 17.9. The molecule has 8 heteroatoms. The van der Waals surface area contributed by atoms with Gasteiger partial charge in [-0.2, -0.15) is 0 Å². The Morgan fingerprint density at radius 3 is 2.67 bits per heavy atom. The molecule has 2 heterocycles. The number of benzene rings is 2. The van der Waals surface area contributed by atoms with Gasteiger partial charge in [0.1, 0.15) is 4.83 Å². The number of fused-ring (bicyclic) bond motifs is 1. The highest BCUT2D eigenvalue weighted by molar-refractivity contribution is 7.99. The van der Waals surface area contributed by atoms with Crippen molar-refractivity contribution in [3.05, 3.63) is 81.5 Å². The molecule has 166 valence electrons. The van der Waals surface area contributed by atoms with Crippen LogP contribution in [0.4, 0.5) is 5.69 Å². The summed E-state index contributed by atoms with van der Waals surface area (Å²) in [5, 5.41) is 6.05. The molecular formula is C25H21N3O3S2. The van der Waals surface area contributed by atoms with Crippen LogP contribution in [0.1, 0.15) is 41.6 Å². The first-order valence-electron chi connectivity index (χ1n) is 10.6. The lowest BCUT2D eigenvalue weighted by atomic mass is 10.1. The van der Waals surface area contributed by atoms with Crippen molar-refractivity contribution in [3.8, 4) is 5.69 Å². The Kier molecular flexibility index (Phi) is 5.86. The number of thiophene rings is 1. The van der Waals surface area contributed by atoms with Crippen molar-refractivity contribution in [2.45, 2.75) is 30.8 Å². The Morgan fingerprint density at radius 1 is 1.15 bits per heavy atom. The van der Waals surface area contributed by atoms with Gasteiger partial charge in [0, 0.05) is 11.3 Å². The highest BCUT2D eigenvalue weighted by Crippen LogP contribution is 2.44. The van der Waals surface area contributed by atoms with Crippen LogP contribution in [0.15, 0.2) is 69.9 Å². The number of para-hydroxylation sites is 1. The molecule has 1 N–H and O–H groups in total. The summed E-state index contributed by atoms with van der Waals surface area (Å²) in [5.41, 5.74) is 2.82. The van der Waals surface area contributed by atoms with E-state index in [0.717, 1.165) is 24.1 Å². The number of nitrogens with zero attached hydrogens (tertiary/aromatic N) is 2. The topological polar surface area (TPSA) is 81.1 Å². The number of amides is 1. The lowest BCUT2D eigenvalue weighted by Crippen LogP contribution is -2.23. The van der Waals surface area contributed by atoms with E-state index in [9.17, 15) is 14.4 Å². The molecule has 1 aliphatic carbocycles. The molecule has 1 fully saturated rings. The molecule has 0 saturated heterocycles. The molecule has 0 unspecified atom stereocenters. The maximum Gasteiger partial charge on any atom is 0.267 e. The molecule has 6 nitrogen and oxygen atoms in total. The van der Waals surface area contributed by atoms with Gasteiger partial charge in [-0.3, -0.25) is 19.0 Å². The third-order valence-electron chi connectivity index (χ3n) is 5.52. The van der Waals surface area contributed by atoms with E-state index < -0.39 is 0 Å². The highest BCUT2D eigenvalue weighted by atomic mass is 32.2. The summed E-state index contributed by atoms with van der Waals surface area (Å²) >= 11 is 2.71. The predicted molar refractivity (Wildman–Crippen MR) is 133 cm³/mol. The number of thioether (sulfide) groups is 1. The quantitative estimate of drug-likeness (QED) is 0.224. The highest BCUT2D eigenvalue weighted by Gasteiger charge is 2.29. The van der Waals surface area contributed by atoms with Crippen LogP contribution in [0.5, 0.6) is 0 Å². The zero-order valence-corrected chi connectivity index (χ0v) is 19.5. The first kappa shape index (κ1) is 21.6. The van der Waals surface area contributed by atoms with Crippen LogP contribution < -0.4 is 10.9 Å². The zero-order chi connectivity index (χ0) is 22.9. The molecular weight excluding hydrogens is 454 g/mol. The Morgan fingerprint density at radius 2 is 1.94 bits per heavy atom. The summed E-state index contributed by atoms with van der Waals surface area (Å²) in [7, 11) is 0. The smallest absolute Gasteiger partial charge is 0.267 e. The van der Waals surface area contributed by atoms with Gasteiger partial charge in [-0.05, 0) is 60.9 Å². The maximum absolute atomic E-state index is 13.6. The average molecular weight is 476 g/mol. The lowest BCUT2D eigenvalue weighted by molar-refractivity contribution is -0.113. The SMILES string of the molecule is CC(=O)c1cccc(NC(=O)CSc2nc3scc(C4CC4)c3c(=O)n2-c2ccccc2)c1.